The Morgan fingerprint density at radius 3 is 1.63 bits per heavy atom. The highest BCUT2D eigenvalue weighted by atomic mass is 15.4. The molecule has 11 rings (SSSR count). The van der Waals surface area contributed by atoms with Crippen LogP contribution in [0.3, 0.4) is 0 Å². The fraction of sp³-hybridized carbons (Fsp3) is 0.0189. The maximum absolute atomic E-state index is 5.04. The van der Waals surface area contributed by atoms with Crippen LogP contribution < -0.4 is 9.80 Å². The first-order valence-corrected chi connectivity index (χ1v) is 19.9. The summed E-state index contributed by atoms with van der Waals surface area (Å²) < 4.78 is 4.38. The van der Waals surface area contributed by atoms with Gasteiger partial charge in [-0.25, -0.2) is 9.97 Å². The summed E-state index contributed by atoms with van der Waals surface area (Å²) in [6.07, 6.45) is 3.77. The number of hydrogen-bond acceptors (Lipinski definition) is 4. The summed E-state index contributed by atoms with van der Waals surface area (Å²) in [4.78, 5) is 14.7. The summed E-state index contributed by atoms with van der Waals surface area (Å²) in [6.45, 7) is 0.698. The van der Waals surface area contributed by atoms with Crippen LogP contribution in [-0.4, -0.2) is 25.8 Å². The van der Waals surface area contributed by atoms with Crippen molar-refractivity contribution in [1.82, 2.24) is 19.1 Å². The molecule has 6 nitrogen and oxygen atoms in total. The molecule has 1 aliphatic rings. The lowest BCUT2D eigenvalue weighted by Crippen LogP contribution is -2.23. The molecule has 7 aromatic carbocycles. The van der Waals surface area contributed by atoms with E-state index < -0.39 is 0 Å². The van der Waals surface area contributed by atoms with E-state index in [0.717, 1.165) is 72.7 Å². The molecule has 0 unspecified atom stereocenters. The summed E-state index contributed by atoms with van der Waals surface area (Å²) in [7, 11) is 0. The number of aromatic nitrogens is 4. The third-order valence-corrected chi connectivity index (χ3v) is 11.3. The number of pyridine rings is 1. The second-order valence-corrected chi connectivity index (χ2v) is 14.7. The Bertz CT molecular complexity index is 3080. The molecule has 0 spiro atoms. The SMILES string of the molecule is c1ccc(C(=C(c2cccc(N3CN(c4ccccc4)c4ccccc43)c2)c2ccc3c4c(ncn4-c4ccccc4)n(-c4ccccn4)c3c2)c2ccccc2)cc1. The van der Waals surface area contributed by atoms with Crippen molar-refractivity contribution in [3.8, 4) is 11.5 Å². The fourth-order valence-electron chi connectivity index (χ4n) is 8.66. The second-order valence-electron chi connectivity index (χ2n) is 14.7. The number of anilines is 4. The molecule has 0 radical (unpaired) electrons. The van der Waals surface area contributed by atoms with Crippen LogP contribution in [0.25, 0.3) is 44.7 Å². The number of fused-ring (bicyclic) bond motifs is 4. The van der Waals surface area contributed by atoms with Crippen molar-refractivity contribution in [2.24, 2.45) is 0 Å². The smallest absolute Gasteiger partial charge is 0.165 e. The first kappa shape index (κ1) is 34.3. The lowest BCUT2D eigenvalue weighted by Gasteiger charge is -2.24. The fourth-order valence-corrected chi connectivity index (χ4v) is 8.66. The topological polar surface area (TPSA) is 42.1 Å². The first-order valence-electron chi connectivity index (χ1n) is 19.9. The molecule has 0 atom stereocenters. The summed E-state index contributed by atoms with van der Waals surface area (Å²) in [6, 6.07) is 73.3. The molecule has 1 aliphatic heterocycles. The van der Waals surface area contributed by atoms with Gasteiger partial charge in [0.25, 0.3) is 0 Å². The Hall–Kier alpha value is -7.96. The zero-order valence-corrected chi connectivity index (χ0v) is 32.2. The van der Waals surface area contributed by atoms with Crippen LogP contribution in [0, 0.1) is 0 Å². The van der Waals surface area contributed by atoms with E-state index in [4.69, 9.17) is 9.97 Å². The highest BCUT2D eigenvalue weighted by molar-refractivity contribution is 6.10. The van der Waals surface area contributed by atoms with Crippen molar-refractivity contribution in [3.05, 3.63) is 241 Å². The van der Waals surface area contributed by atoms with E-state index in [1.165, 1.54) is 17.1 Å². The molecule has 0 amide bonds. The van der Waals surface area contributed by atoms with Gasteiger partial charge >= 0.3 is 0 Å². The first-order chi connectivity index (χ1) is 29.3. The monoisotopic (exact) mass is 758 g/mol. The zero-order valence-electron chi connectivity index (χ0n) is 32.2. The quantitative estimate of drug-likeness (QED) is 0.145. The minimum absolute atomic E-state index is 0.698. The number of rotatable bonds is 8. The maximum Gasteiger partial charge on any atom is 0.165 e. The summed E-state index contributed by atoms with van der Waals surface area (Å²) >= 11 is 0. The van der Waals surface area contributed by atoms with E-state index in [9.17, 15) is 0 Å². The lowest BCUT2D eigenvalue weighted by molar-refractivity contribution is 0.991. The third kappa shape index (κ3) is 5.97. The average molecular weight is 759 g/mol. The number of nitrogens with zero attached hydrogens (tertiary/aromatic N) is 6. The van der Waals surface area contributed by atoms with Crippen LogP contribution in [0.1, 0.15) is 22.3 Å². The minimum Gasteiger partial charge on any atom is -0.321 e. The summed E-state index contributed by atoms with van der Waals surface area (Å²) in [5, 5.41) is 1.10. The Morgan fingerprint density at radius 1 is 0.424 bits per heavy atom. The highest BCUT2D eigenvalue weighted by Gasteiger charge is 2.29. The summed E-state index contributed by atoms with van der Waals surface area (Å²) in [5.41, 5.74) is 15.4. The molecule has 0 aliphatic carbocycles. The highest BCUT2D eigenvalue weighted by Crippen LogP contribution is 2.46. The van der Waals surface area contributed by atoms with Gasteiger partial charge in [0, 0.05) is 28.6 Å². The van der Waals surface area contributed by atoms with Gasteiger partial charge in [0.2, 0.25) is 0 Å². The average Bonchev–Trinajstić information content (AvgIpc) is 4.01. The van der Waals surface area contributed by atoms with Gasteiger partial charge in [0.15, 0.2) is 5.65 Å². The molecule has 4 heterocycles. The van der Waals surface area contributed by atoms with Crippen molar-refractivity contribution in [2.45, 2.75) is 0 Å². The largest absolute Gasteiger partial charge is 0.321 e. The summed E-state index contributed by atoms with van der Waals surface area (Å²) in [5.74, 6) is 0.817. The van der Waals surface area contributed by atoms with Crippen molar-refractivity contribution in [1.29, 1.82) is 0 Å². The number of hydrogen-bond donors (Lipinski definition) is 0. The van der Waals surface area contributed by atoms with Crippen molar-refractivity contribution in [2.75, 3.05) is 16.5 Å². The number of benzene rings is 7. The second kappa shape index (κ2) is 14.5. The normalized spacial score (nSPS) is 12.3. The van der Waals surface area contributed by atoms with Crippen LogP contribution in [0.15, 0.2) is 219 Å². The molecule has 0 saturated heterocycles. The van der Waals surface area contributed by atoms with E-state index >= 15 is 0 Å². The zero-order chi connectivity index (χ0) is 39.1. The molecule has 6 heteroatoms. The van der Waals surface area contributed by atoms with Crippen LogP contribution in [0.5, 0.6) is 0 Å². The predicted molar refractivity (Wildman–Crippen MR) is 242 cm³/mol. The van der Waals surface area contributed by atoms with Crippen molar-refractivity contribution in [3.63, 3.8) is 0 Å². The molecular weight excluding hydrogens is 721 g/mol. The molecule has 0 fully saturated rings. The Morgan fingerprint density at radius 2 is 0.966 bits per heavy atom. The van der Waals surface area contributed by atoms with Gasteiger partial charge in [-0.2, -0.15) is 0 Å². The molecule has 0 saturated carbocycles. The van der Waals surface area contributed by atoms with Gasteiger partial charge in [0.05, 0.1) is 22.4 Å². The van der Waals surface area contributed by atoms with E-state index in [0.29, 0.717) is 6.67 Å². The standard InChI is InChI=1S/C53H38N6/c1-5-18-38(19-6-1)50(39-20-7-2-8-21-39)51(40-22-17-27-44(34-40)58-37-57(43-25-11-4-12-26-43)46-28-13-14-29-47(46)58)41-31-32-45-48(35-41)59(49-30-15-16-33-54-49)53-52(45)56(36-55-53)42-23-9-3-10-24-42/h1-36H,37H2. The third-order valence-electron chi connectivity index (χ3n) is 11.3. The van der Waals surface area contributed by atoms with Gasteiger partial charge in [-0.05, 0) is 106 Å². The lowest BCUT2D eigenvalue weighted by atomic mass is 9.85. The maximum atomic E-state index is 5.04. The van der Waals surface area contributed by atoms with Crippen LogP contribution in [0.2, 0.25) is 0 Å². The molecule has 0 bridgehead atoms. The van der Waals surface area contributed by atoms with E-state index in [1.54, 1.807) is 0 Å². The van der Waals surface area contributed by atoms with Gasteiger partial charge in [-0.3, -0.25) is 9.13 Å². The molecule has 0 N–H and O–H groups in total. The van der Waals surface area contributed by atoms with Gasteiger partial charge in [-0.1, -0.05) is 133 Å². The molecule has 59 heavy (non-hydrogen) atoms. The molecule has 3 aromatic heterocycles. The van der Waals surface area contributed by atoms with E-state index in [2.05, 4.69) is 207 Å². The van der Waals surface area contributed by atoms with Crippen LogP contribution in [0.4, 0.5) is 22.7 Å². The van der Waals surface area contributed by atoms with Crippen LogP contribution in [-0.2, 0) is 0 Å². The molecular formula is C53H38N6. The Labute approximate surface area is 342 Å². The molecule has 280 valence electrons. The van der Waals surface area contributed by atoms with Crippen LogP contribution >= 0.6 is 0 Å². The molecule has 10 aromatic rings. The Kier molecular flexibility index (Phi) is 8.44. The van der Waals surface area contributed by atoms with Gasteiger partial charge in [0.1, 0.15) is 18.8 Å². The van der Waals surface area contributed by atoms with Crippen molar-refractivity contribution >= 4 is 56.0 Å². The number of imidazole rings is 1. The number of para-hydroxylation sites is 4. The van der Waals surface area contributed by atoms with Gasteiger partial charge < -0.3 is 9.80 Å². The van der Waals surface area contributed by atoms with E-state index in [-0.39, 0.29) is 0 Å². The van der Waals surface area contributed by atoms with Crippen molar-refractivity contribution < 1.29 is 0 Å². The van der Waals surface area contributed by atoms with Gasteiger partial charge in [-0.15, -0.1) is 0 Å². The Balaban J connectivity index is 1.16. The predicted octanol–water partition coefficient (Wildman–Crippen LogP) is 12.6. The minimum atomic E-state index is 0.698. The van der Waals surface area contributed by atoms with E-state index in [1.807, 2.05) is 30.7 Å².